The fourth-order valence-electron chi connectivity index (χ4n) is 3.60. The van der Waals surface area contributed by atoms with Gasteiger partial charge in [-0.25, -0.2) is 0 Å². The lowest BCUT2D eigenvalue weighted by Gasteiger charge is -2.32. The monoisotopic (exact) mass is 413 g/mol. The fraction of sp³-hybridized carbons (Fsp3) is 0.120. The fourth-order valence-corrected chi connectivity index (χ4v) is 3.82. The van der Waals surface area contributed by atoms with E-state index in [4.69, 9.17) is 12.2 Å². The highest BCUT2D eigenvalue weighted by Crippen LogP contribution is 2.34. The predicted octanol–water partition coefficient (Wildman–Crippen LogP) is 4.57. The van der Waals surface area contributed by atoms with Crippen molar-refractivity contribution in [2.45, 2.75) is 6.04 Å². The van der Waals surface area contributed by atoms with Crippen LogP contribution in [0.15, 0.2) is 90.5 Å². The lowest BCUT2D eigenvalue weighted by molar-refractivity contribution is 0.102. The van der Waals surface area contributed by atoms with Crippen molar-refractivity contribution in [1.82, 2.24) is 10.6 Å². The number of carbonyl (C=O) groups is 1. The summed E-state index contributed by atoms with van der Waals surface area (Å²) in [6, 6.07) is 27.0. The molecule has 0 unspecified atom stereocenters. The van der Waals surface area contributed by atoms with Crippen LogP contribution in [0.1, 0.15) is 27.5 Å². The molecule has 1 heterocycles. The summed E-state index contributed by atoms with van der Waals surface area (Å²) in [4.78, 5) is 15.7. The molecule has 0 saturated carbocycles. The summed E-state index contributed by atoms with van der Waals surface area (Å²) < 4.78 is 0. The zero-order valence-corrected chi connectivity index (χ0v) is 17.7. The van der Waals surface area contributed by atoms with E-state index in [1.807, 2.05) is 91.8 Å². The van der Waals surface area contributed by atoms with Gasteiger partial charge < -0.3 is 15.5 Å². The summed E-state index contributed by atoms with van der Waals surface area (Å²) in [7, 11) is 4.01. The highest BCUT2D eigenvalue weighted by atomic mass is 32.1. The minimum Gasteiger partial charge on any atom is -0.378 e. The number of rotatable bonds is 5. The van der Waals surface area contributed by atoms with Gasteiger partial charge >= 0.3 is 0 Å². The van der Waals surface area contributed by atoms with Gasteiger partial charge in [0.2, 0.25) is 0 Å². The number of thiocarbonyl (C=S) groups is 1. The van der Waals surface area contributed by atoms with Crippen LogP contribution in [-0.4, -0.2) is 25.0 Å². The molecule has 150 valence electrons. The Morgan fingerprint density at radius 1 is 0.867 bits per heavy atom. The van der Waals surface area contributed by atoms with Gasteiger partial charge in [-0.15, -0.1) is 0 Å². The van der Waals surface area contributed by atoms with Crippen molar-refractivity contribution in [3.63, 3.8) is 0 Å². The summed E-state index contributed by atoms with van der Waals surface area (Å²) >= 11 is 5.51. The van der Waals surface area contributed by atoms with E-state index in [0.717, 1.165) is 22.5 Å². The summed E-state index contributed by atoms with van der Waals surface area (Å²) in [6.45, 7) is 0. The van der Waals surface area contributed by atoms with E-state index < -0.39 is 0 Å². The Balaban J connectivity index is 1.88. The Morgan fingerprint density at radius 2 is 1.47 bits per heavy atom. The molecule has 3 aromatic rings. The molecule has 3 aromatic carbocycles. The maximum Gasteiger partial charge on any atom is 0.193 e. The van der Waals surface area contributed by atoms with Crippen molar-refractivity contribution >= 4 is 34.5 Å². The third kappa shape index (κ3) is 3.98. The molecule has 1 aliphatic rings. The minimum absolute atomic E-state index is 0.0290. The molecular formula is C25H23N3OS. The molecule has 0 bridgehead atoms. The predicted molar refractivity (Wildman–Crippen MR) is 127 cm³/mol. The van der Waals surface area contributed by atoms with E-state index in [0.29, 0.717) is 16.2 Å². The van der Waals surface area contributed by atoms with Crippen molar-refractivity contribution in [3.8, 4) is 0 Å². The molecule has 5 heteroatoms. The topological polar surface area (TPSA) is 44.4 Å². The van der Waals surface area contributed by atoms with E-state index in [1.165, 1.54) is 0 Å². The minimum atomic E-state index is -0.349. The van der Waals surface area contributed by atoms with Gasteiger partial charge in [0.05, 0.1) is 17.3 Å². The van der Waals surface area contributed by atoms with Crippen LogP contribution in [-0.2, 0) is 0 Å². The van der Waals surface area contributed by atoms with E-state index in [1.54, 1.807) is 0 Å². The third-order valence-corrected chi connectivity index (χ3v) is 5.38. The summed E-state index contributed by atoms with van der Waals surface area (Å²) in [6.07, 6.45) is 0. The smallest absolute Gasteiger partial charge is 0.193 e. The average Bonchev–Trinajstić information content (AvgIpc) is 2.79. The van der Waals surface area contributed by atoms with Gasteiger partial charge in [0.1, 0.15) is 0 Å². The first-order valence-electron chi connectivity index (χ1n) is 9.79. The molecule has 30 heavy (non-hydrogen) atoms. The lowest BCUT2D eigenvalue weighted by atomic mass is 9.87. The number of benzene rings is 3. The molecule has 0 radical (unpaired) electrons. The normalized spacial score (nSPS) is 15.9. The molecule has 4 nitrogen and oxygen atoms in total. The quantitative estimate of drug-likeness (QED) is 0.474. The maximum absolute atomic E-state index is 13.7. The first-order valence-corrected chi connectivity index (χ1v) is 10.2. The van der Waals surface area contributed by atoms with Gasteiger partial charge in [-0.3, -0.25) is 4.79 Å². The molecule has 0 fully saturated rings. The summed E-state index contributed by atoms with van der Waals surface area (Å²) in [5.74, 6) is -0.0290. The number of nitrogens with one attached hydrogen (secondary N) is 2. The molecule has 0 saturated heterocycles. The van der Waals surface area contributed by atoms with Crippen molar-refractivity contribution in [2.24, 2.45) is 0 Å². The van der Waals surface area contributed by atoms with Gasteiger partial charge in [-0.2, -0.15) is 0 Å². The summed E-state index contributed by atoms with van der Waals surface area (Å²) in [5.41, 5.74) is 5.05. The number of hydrogen-bond donors (Lipinski definition) is 2. The molecule has 4 rings (SSSR count). The van der Waals surface area contributed by atoms with Crippen molar-refractivity contribution < 1.29 is 4.79 Å². The van der Waals surface area contributed by atoms with Crippen molar-refractivity contribution in [3.05, 3.63) is 107 Å². The van der Waals surface area contributed by atoms with Gasteiger partial charge in [-0.05, 0) is 35.5 Å². The van der Waals surface area contributed by atoms with Crippen molar-refractivity contribution in [1.29, 1.82) is 0 Å². The molecule has 0 aromatic heterocycles. The SMILES string of the molecule is CN(C)c1ccc([C@@H]2NC(=S)NC(c3ccccc3)=C2C(=O)c2ccccc2)cc1. The molecule has 1 aliphatic heterocycles. The van der Waals surface area contributed by atoms with E-state index in [-0.39, 0.29) is 11.8 Å². The van der Waals surface area contributed by atoms with E-state index in [2.05, 4.69) is 22.8 Å². The highest BCUT2D eigenvalue weighted by molar-refractivity contribution is 7.80. The third-order valence-electron chi connectivity index (χ3n) is 5.16. The molecular weight excluding hydrogens is 390 g/mol. The van der Waals surface area contributed by atoms with Gasteiger partial charge in [-0.1, -0.05) is 72.8 Å². The zero-order valence-electron chi connectivity index (χ0n) is 16.9. The summed E-state index contributed by atoms with van der Waals surface area (Å²) in [5, 5.41) is 7.04. The largest absolute Gasteiger partial charge is 0.378 e. The number of hydrogen-bond acceptors (Lipinski definition) is 3. The second-order valence-electron chi connectivity index (χ2n) is 7.37. The van der Waals surface area contributed by atoms with Crippen LogP contribution in [0.5, 0.6) is 0 Å². The molecule has 1 atom stereocenters. The average molecular weight is 414 g/mol. The number of Topliss-reactive ketones (excluding diaryl/α,β-unsaturated/α-hetero) is 1. The molecule has 0 amide bonds. The molecule has 0 spiro atoms. The first-order chi connectivity index (χ1) is 14.5. The van der Waals surface area contributed by atoms with Gasteiger partial charge in [0, 0.05) is 25.3 Å². The van der Waals surface area contributed by atoms with Crippen LogP contribution in [0.25, 0.3) is 5.70 Å². The number of nitrogens with zero attached hydrogens (tertiary/aromatic N) is 1. The second kappa shape index (κ2) is 8.51. The Morgan fingerprint density at radius 3 is 2.07 bits per heavy atom. The Labute approximate surface area is 182 Å². The van der Waals surface area contributed by atoms with Crippen LogP contribution < -0.4 is 15.5 Å². The van der Waals surface area contributed by atoms with Crippen LogP contribution >= 0.6 is 12.2 Å². The highest BCUT2D eigenvalue weighted by Gasteiger charge is 2.32. The van der Waals surface area contributed by atoms with Gasteiger partial charge in [0.15, 0.2) is 10.9 Å². The number of anilines is 1. The maximum atomic E-state index is 13.7. The zero-order chi connectivity index (χ0) is 21.1. The van der Waals surface area contributed by atoms with E-state index in [9.17, 15) is 4.79 Å². The number of carbonyl (C=O) groups excluding carboxylic acids is 1. The van der Waals surface area contributed by atoms with Crippen LogP contribution in [0.3, 0.4) is 0 Å². The molecule has 0 aliphatic carbocycles. The lowest BCUT2D eigenvalue weighted by Crippen LogP contribution is -2.44. The van der Waals surface area contributed by atoms with Gasteiger partial charge in [0.25, 0.3) is 0 Å². The van der Waals surface area contributed by atoms with Crippen molar-refractivity contribution in [2.75, 3.05) is 19.0 Å². The van der Waals surface area contributed by atoms with Crippen LogP contribution in [0.2, 0.25) is 0 Å². The first kappa shape index (κ1) is 19.9. The van der Waals surface area contributed by atoms with Crippen LogP contribution in [0, 0.1) is 0 Å². The van der Waals surface area contributed by atoms with Crippen LogP contribution in [0.4, 0.5) is 5.69 Å². The molecule has 2 N–H and O–H groups in total. The Kier molecular flexibility index (Phi) is 5.63. The Bertz CT molecular complexity index is 1090. The standard InChI is InChI=1S/C25H23N3OS/c1-28(2)20-15-13-18(14-16-20)23-21(24(29)19-11-7-4-8-12-19)22(26-25(30)27-23)17-9-5-3-6-10-17/h3-16,23H,1-2H3,(H2,26,27,30)/t23-/m0/s1. The van der Waals surface area contributed by atoms with E-state index >= 15 is 0 Å². The Hall–Kier alpha value is -3.44. The second-order valence-corrected chi connectivity index (χ2v) is 7.78. The number of ketones is 1.